The topological polar surface area (TPSA) is 43.8 Å². The molecule has 0 fully saturated rings. The molecule has 0 aliphatic heterocycles. The standard InChI is InChI=1S/C15H12ClN3S/c16-13-8-18-5-3-12(13)9-19-6-4-10-7-11(15(17)20)1-2-14(10)19/h1-8H,9H2,(H2,17,20). The number of hydrogen-bond acceptors (Lipinski definition) is 2. The maximum Gasteiger partial charge on any atom is 0.104 e. The molecule has 0 radical (unpaired) electrons. The number of nitrogens with zero attached hydrogens (tertiary/aromatic N) is 2. The summed E-state index contributed by atoms with van der Waals surface area (Å²) in [5.74, 6) is 0. The summed E-state index contributed by atoms with van der Waals surface area (Å²) in [6.45, 7) is 0.706. The molecule has 0 atom stereocenters. The van der Waals surface area contributed by atoms with E-state index in [4.69, 9.17) is 29.6 Å². The SMILES string of the molecule is NC(=S)c1ccc2c(ccn2Cc2ccncc2Cl)c1. The molecule has 3 rings (SSSR count). The van der Waals surface area contributed by atoms with E-state index < -0.39 is 0 Å². The minimum Gasteiger partial charge on any atom is -0.389 e. The molecule has 2 heterocycles. The summed E-state index contributed by atoms with van der Waals surface area (Å²) >= 11 is 11.2. The highest BCUT2D eigenvalue weighted by Gasteiger charge is 2.06. The largest absolute Gasteiger partial charge is 0.389 e. The average molecular weight is 302 g/mol. The zero-order chi connectivity index (χ0) is 14.1. The smallest absolute Gasteiger partial charge is 0.104 e. The lowest BCUT2D eigenvalue weighted by Crippen LogP contribution is -2.08. The van der Waals surface area contributed by atoms with Gasteiger partial charge in [0.05, 0.1) is 5.02 Å². The van der Waals surface area contributed by atoms with E-state index in [-0.39, 0.29) is 0 Å². The van der Waals surface area contributed by atoms with Gasteiger partial charge >= 0.3 is 0 Å². The summed E-state index contributed by atoms with van der Waals surface area (Å²) in [7, 11) is 0. The number of fused-ring (bicyclic) bond motifs is 1. The predicted molar refractivity (Wildman–Crippen MR) is 86.2 cm³/mol. The highest BCUT2D eigenvalue weighted by molar-refractivity contribution is 7.80. The molecule has 2 aromatic heterocycles. The van der Waals surface area contributed by atoms with Crippen LogP contribution < -0.4 is 5.73 Å². The van der Waals surface area contributed by atoms with Gasteiger partial charge in [0.1, 0.15) is 4.99 Å². The monoisotopic (exact) mass is 301 g/mol. The van der Waals surface area contributed by atoms with Crippen LogP contribution in [0.4, 0.5) is 0 Å². The zero-order valence-electron chi connectivity index (χ0n) is 10.6. The highest BCUT2D eigenvalue weighted by atomic mass is 35.5. The molecular formula is C15H12ClN3S. The van der Waals surface area contributed by atoms with E-state index in [2.05, 4.69) is 9.55 Å². The van der Waals surface area contributed by atoms with E-state index in [1.807, 2.05) is 36.5 Å². The summed E-state index contributed by atoms with van der Waals surface area (Å²) in [6.07, 6.45) is 5.44. The summed E-state index contributed by atoms with van der Waals surface area (Å²) in [5, 5.41) is 1.79. The van der Waals surface area contributed by atoms with E-state index in [1.165, 1.54) is 0 Å². The van der Waals surface area contributed by atoms with Crippen LogP contribution >= 0.6 is 23.8 Å². The lowest BCUT2D eigenvalue weighted by atomic mass is 10.1. The molecule has 1 aromatic carbocycles. The first kappa shape index (κ1) is 13.1. The summed E-state index contributed by atoms with van der Waals surface area (Å²) < 4.78 is 2.14. The Labute approximate surface area is 127 Å². The van der Waals surface area contributed by atoms with Crippen molar-refractivity contribution in [3.05, 3.63) is 65.1 Å². The quantitative estimate of drug-likeness (QED) is 0.754. The third kappa shape index (κ3) is 2.40. The average Bonchev–Trinajstić information content (AvgIpc) is 2.84. The molecule has 3 aromatic rings. The van der Waals surface area contributed by atoms with Crippen molar-refractivity contribution < 1.29 is 0 Å². The fourth-order valence-corrected chi connectivity index (χ4v) is 2.51. The van der Waals surface area contributed by atoms with Gasteiger partial charge in [0.15, 0.2) is 0 Å². The van der Waals surface area contributed by atoms with E-state index in [1.54, 1.807) is 12.4 Å². The highest BCUT2D eigenvalue weighted by Crippen LogP contribution is 2.21. The van der Waals surface area contributed by atoms with E-state index in [0.29, 0.717) is 16.6 Å². The van der Waals surface area contributed by atoms with Crippen LogP contribution in [0.25, 0.3) is 10.9 Å². The van der Waals surface area contributed by atoms with Gasteiger partial charge in [-0.3, -0.25) is 4.98 Å². The predicted octanol–water partition coefficient (Wildman–Crippen LogP) is 3.37. The van der Waals surface area contributed by atoms with E-state index in [0.717, 1.165) is 22.0 Å². The second-order valence-corrected chi connectivity index (χ2v) is 5.40. The fourth-order valence-electron chi connectivity index (χ4n) is 2.21. The molecule has 3 nitrogen and oxygen atoms in total. The number of thiocarbonyl (C=S) groups is 1. The van der Waals surface area contributed by atoms with Crippen LogP contribution in [-0.4, -0.2) is 14.5 Å². The van der Waals surface area contributed by atoms with Crippen LogP contribution in [0.3, 0.4) is 0 Å². The number of pyridine rings is 1. The van der Waals surface area contributed by atoms with Gasteiger partial charge in [-0.2, -0.15) is 0 Å². The molecule has 100 valence electrons. The van der Waals surface area contributed by atoms with Gasteiger partial charge in [-0.05, 0) is 35.9 Å². The van der Waals surface area contributed by atoms with E-state index >= 15 is 0 Å². The van der Waals surface area contributed by atoms with Crippen molar-refractivity contribution in [1.82, 2.24) is 9.55 Å². The lowest BCUT2D eigenvalue weighted by Gasteiger charge is -2.07. The van der Waals surface area contributed by atoms with Crippen molar-refractivity contribution >= 4 is 39.7 Å². The molecule has 2 N–H and O–H groups in total. The Morgan fingerprint density at radius 3 is 2.90 bits per heavy atom. The molecule has 5 heteroatoms. The minimum atomic E-state index is 0.414. The number of hydrogen-bond donors (Lipinski definition) is 1. The second kappa shape index (κ2) is 5.23. The Kier molecular flexibility index (Phi) is 3.42. The summed E-state index contributed by atoms with van der Waals surface area (Å²) in [5.41, 5.74) is 8.70. The number of benzene rings is 1. The molecule has 0 bridgehead atoms. The molecule has 0 aliphatic carbocycles. The van der Waals surface area contributed by atoms with Crippen molar-refractivity contribution in [3.8, 4) is 0 Å². The Hall–Kier alpha value is -1.91. The number of rotatable bonds is 3. The summed E-state index contributed by atoms with van der Waals surface area (Å²) in [4.78, 5) is 4.41. The lowest BCUT2D eigenvalue weighted by molar-refractivity contribution is 0.835. The van der Waals surface area contributed by atoms with Gasteiger partial charge in [0.2, 0.25) is 0 Å². The van der Waals surface area contributed by atoms with Gasteiger partial charge < -0.3 is 10.3 Å². The Morgan fingerprint density at radius 2 is 2.15 bits per heavy atom. The molecule has 0 spiro atoms. The van der Waals surface area contributed by atoms with Gasteiger partial charge in [-0.15, -0.1) is 0 Å². The fraction of sp³-hybridized carbons (Fsp3) is 0.0667. The van der Waals surface area contributed by atoms with Gasteiger partial charge in [0.25, 0.3) is 0 Å². The molecule has 0 unspecified atom stereocenters. The number of halogens is 1. The first-order valence-corrected chi connectivity index (χ1v) is 6.91. The molecule has 20 heavy (non-hydrogen) atoms. The van der Waals surface area contributed by atoms with Gasteiger partial charge in [0, 0.05) is 41.6 Å². The van der Waals surface area contributed by atoms with Crippen molar-refractivity contribution in [2.45, 2.75) is 6.54 Å². The molecule has 0 aliphatic rings. The Balaban J connectivity index is 2.01. The van der Waals surface area contributed by atoms with Crippen molar-refractivity contribution in [2.24, 2.45) is 5.73 Å². The first-order valence-electron chi connectivity index (χ1n) is 6.12. The molecule has 0 saturated carbocycles. The minimum absolute atomic E-state index is 0.414. The number of nitrogens with two attached hydrogens (primary N) is 1. The third-order valence-electron chi connectivity index (χ3n) is 3.25. The van der Waals surface area contributed by atoms with Crippen LogP contribution in [0.1, 0.15) is 11.1 Å². The van der Waals surface area contributed by atoms with Crippen LogP contribution in [0.2, 0.25) is 5.02 Å². The maximum atomic E-state index is 6.15. The first-order chi connectivity index (χ1) is 9.65. The third-order valence-corrected chi connectivity index (χ3v) is 3.83. The molecule has 0 amide bonds. The second-order valence-electron chi connectivity index (χ2n) is 4.55. The van der Waals surface area contributed by atoms with Crippen molar-refractivity contribution in [3.63, 3.8) is 0 Å². The summed E-state index contributed by atoms with van der Waals surface area (Å²) in [6, 6.07) is 9.94. The Morgan fingerprint density at radius 1 is 1.30 bits per heavy atom. The molecule has 0 saturated heterocycles. The van der Waals surface area contributed by atoms with Crippen LogP contribution in [0.15, 0.2) is 48.9 Å². The Bertz CT molecular complexity index is 795. The van der Waals surface area contributed by atoms with Crippen molar-refractivity contribution in [1.29, 1.82) is 0 Å². The van der Waals surface area contributed by atoms with Crippen LogP contribution in [-0.2, 0) is 6.54 Å². The van der Waals surface area contributed by atoms with Crippen LogP contribution in [0.5, 0.6) is 0 Å². The van der Waals surface area contributed by atoms with Crippen LogP contribution in [0, 0.1) is 0 Å². The molecular weight excluding hydrogens is 290 g/mol. The van der Waals surface area contributed by atoms with Crippen molar-refractivity contribution in [2.75, 3.05) is 0 Å². The normalized spacial score (nSPS) is 10.8. The maximum absolute atomic E-state index is 6.15. The van der Waals surface area contributed by atoms with Gasteiger partial charge in [-0.1, -0.05) is 23.8 Å². The van der Waals surface area contributed by atoms with E-state index in [9.17, 15) is 0 Å². The van der Waals surface area contributed by atoms with Gasteiger partial charge in [-0.25, -0.2) is 0 Å². The zero-order valence-corrected chi connectivity index (χ0v) is 12.2. The number of aromatic nitrogens is 2.